The van der Waals surface area contributed by atoms with Crippen LogP contribution < -0.4 is 5.73 Å². The molecule has 1 amide bonds. The van der Waals surface area contributed by atoms with Crippen molar-refractivity contribution in [2.75, 3.05) is 0 Å². The van der Waals surface area contributed by atoms with Crippen molar-refractivity contribution >= 4 is 5.91 Å². The molecule has 0 aliphatic rings. The third kappa shape index (κ3) is 1.50. The van der Waals surface area contributed by atoms with E-state index < -0.39 is 5.91 Å². The zero-order valence-electron chi connectivity index (χ0n) is 7.31. The molecule has 2 N–H and O–H groups in total. The van der Waals surface area contributed by atoms with Gasteiger partial charge in [0, 0.05) is 11.6 Å². The summed E-state index contributed by atoms with van der Waals surface area (Å²) < 4.78 is 4.96. The molecule has 0 fully saturated rings. The van der Waals surface area contributed by atoms with Gasteiger partial charge in [-0.15, -0.1) is 0 Å². The molecule has 1 heterocycles. The number of hydrogen-bond donors (Lipinski definition) is 1. The fourth-order valence-corrected chi connectivity index (χ4v) is 1.13. The molecule has 14 heavy (non-hydrogen) atoms. The van der Waals surface area contributed by atoms with E-state index in [2.05, 4.69) is 5.16 Å². The van der Waals surface area contributed by atoms with Crippen molar-refractivity contribution in [3.63, 3.8) is 0 Å². The minimum Gasteiger partial charge on any atom is -0.364 e. The van der Waals surface area contributed by atoms with Gasteiger partial charge in [0.05, 0.1) is 0 Å². The van der Waals surface area contributed by atoms with E-state index in [4.69, 9.17) is 10.3 Å². The molecule has 0 aliphatic heterocycles. The highest BCUT2D eigenvalue weighted by Crippen LogP contribution is 2.19. The van der Waals surface area contributed by atoms with Crippen LogP contribution in [-0.2, 0) is 0 Å². The molecule has 0 aliphatic carbocycles. The number of primary amides is 1. The summed E-state index contributed by atoms with van der Waals surface area (Å²) in [4.78, 5) is 10.7. The largest absolute Gasteiger partial charge is 0.364 e. The highest BCUT2D eigenvalue weighted by atomic mass is 16.5. The van der Waals surface area contributed by atoms with Crippen LogP contribution in [0.2, 0.25) is 0 Å². The first kappa shape index (κ1) is 8.50. The van der Waals surface area contributed by atoms with Crippen LogP contribution in [0.15, 0.2) is 40.9 Å². The lowest BCUT2D eigenvalue weighted by atomic mass is 10.2. The van der Waals surface area contributed by atoms with Crippen molar-refractivity contribution in [1.29, 1.82) is 0 Å². The van der Waals surface area contributed by atoms with E-state index in [-0.39, 0.29) is 5.69 Å². The van der Waals surface area contributed by atoms with Crippen molar-refractivity contribution in [2.24, 2.45) is 5.73 Å². The lowest BCUT2D eigenvalue weighted by molar-refractivity contribution is 0.0992. The number of carbonyl (C=O) groups is 1. The third-order valence-electron chi connectivity index (χ3n) is 1.82. The average Bonchev–Trinajstić information content (AvgIpc) is 2.68. The molecular weight excluding hydrogens is 180 g/mol. The maximum Gasteiger partial charge on any atom is 0.270 e. The van der Waals surface area contributed by atoms with Gasteiger partial charge in [0.25, 0.3) is 5.91 Å². The van der Waals surface area contributed by atoms with Gasteiger partial charge in [-0.1, -0.05) is 35.5 Å². The Balaban J connectivity index is 2.39. The Kier molecular flexibility index (Phi) is 2.02. The topological polar surface area (TPSA) is 69.1 Å². The van der Waals surface area contributed by atoms with Crippen molar-refractivity contribution in [2.45, 2.75) is 0 Å². The molecule has 0 atom stereocenters. The van der Waals surface area contributed by atoms with E-state index in [9.17, 15) is 4.79 Å². The predicted octanol–water partition coefficient (Wildman–Crippen LogP) is 1.44. The van der Waals surface area contributed by atoms with Gasteiger partial charge < -0.3 is 10.3 Å². The third-order valence-corrected chi connectivity index (χ3v) is 1.82. The SMILES string of the molecule is NC(=O)c1cc(-c2ccccc2)on1. The predicted molar refractivity (Wildman–Crippen MR) is 50.5 cm³/mol. The van der Waals surface area contributed by atoms with E-state index in [0.29, 0.717) is 5.76 Å². The number of amides is 1. The molecule has 0 bridgehead atoms. The van der Waals surface area contributed by atoms with Gasteiger partial charge >= 0.3 is 0 Å². The van der Waals surface area contributed by atoms with Gasteiger partial charge in [0.2, 0.25) is 0 Å². The number of nitrogens with zero attached hydrogens (tertiary/aromatic N) is 1. The number of hydrogen-bond acceptors (Lipinski definition) is 3. The van der Waals surface area contributed by atoms with E-state index >= 15 is 0 Å². The van der Waals surface area contributed by atoms with Crippen LogP contribution in [0, 0.1) is 0 Å². The zero-order valence-corrected chi connectivity index (χ0v) is 7.31. The summed E-state index contributed by atoms with van der Waals surface area (Å²) in [7, 11) is 0. The van der Waals surface area contributed by atoms with Crippen LogP contribution in [-0.4, -0.2) is 11.1 Å². The quantitative estimate of drug-likeness (QED) is 0.775. The molecule has 0 saturated carbocycles. The minimum absolute atomic E-state index is 0.142. The second-order valence-electron chi connectivity index (χ2n) is 2.81. The summed E-state index contributed by atoms with van der Waals surface area (Å²) in [6, 6.07) is 10.9. The number of aromatic nitrogens is 1. The van der Waals surface area contributed by atoms with Crippen LogP contribution in [0.5, 0.6) is 0 Å². The lowest BCUT2D eigenvalue weighted by Crippen LogP contribution is -2.10. The van der Waals surface area contributed by atoms with Crippen molar-refractivity contribution in [3.05, 3.63) is 42.1 Å². The molecule has 0 unspecified atom stereocenters. The Morgan fingerprint density at radius 1 is 1.29 bits per heavy atom. The van der Waals surface area contributed by atoms with E-state index in [0.717, 1.165) is 5.56 Å². The Morgan fingerprint density at radius 3 is 2.57 bits per heavy atom. The van der Waals surface area contributed by atoms with Crippen LogP contribution in [0.1, 0.15) is 10.5 Å². The Morgan fingerprint density at radius 2 is 2.00 bits per heavy atom. The van der Waals surface area contributed by atoms with E-state index in [1.807, 2.05) is 30.3 Å². The van der Waals surface area contributed by atoms with Crippen molar-refractivity contribution in [1.82, 2.24) is 5.16 Å². The van der Waals surface area contributed by atoms with Crippen molar-refractivity contribution < 1.29 is 9.32 Å². The van der Waals surface area contributed by atoms with Crippen molar-refractivity contribution in [3.8, 4) is 11.3 Å². The maximum absolute atomic E-state index is 10.7. The summed E-state index contributed by atoms with van der Waals surface area (Å²) in [5, 5.41) is 3.54. The van der Waals surface area contributed by atoms with Gasteiger partial charge in [-0.2, -0.15) is 0 Å². The van der Waals surface area contributed by atoms with Gasteiger partial charge in [-0.25, -0.2) is 0 Å². The highest BCUT2D eigenvalue weighted by molar-refractivity contribution is 5.91. The fourth-order valence-electron chi connectivity index (χ4n) is 1.13. The maximum atomic E-state index is 10.7. The summed E-state index contributed by atoms with van der Waals surface area (Å²) >= 11 is 0. The molecule has 70 valence electrons. The van der Waals surface area contributed by atoms with E-state index in [1.54, 1.807) is 0 Å². The van der Waals surface area contributed by atoms with Gasteiger partial charge in [0.1, 0.15) is 0 Å². The molecule has 0 saturated heterocycles. The zero-order chi connectivity index (χ0) is 9.97. The molecule has 2 rings (SSSR count). The Bertz CT molecular complexity index is 448. The number of rotatable bonds is 2. The second kappa shape index (κ2) is 3.33. The van der Waals surface area contributed by atoms with Gasteiger partial charge in [0.15, 0.2) is 11.5 Å². The van der Waals surface area contributed by atoms with Crippen LogP contribution in [0.4, 0.5) is 0 Å². The number of benzene rings is 1. The summed E-state index contributed by atoms with van der Waals surface area (Å²) in [5.74, 6) is -0.0460. The minimum atomic E-state index is -0.587. The van der Waals surface area contributed by atoms with Gasteiger partial charge in [-0.3, -0.25) is 4.79 Å². The highest BCUT2D eigenvalue weighted by Gasteiger charge is 2.09. The molecule has 1 aromatic heterocycles. The second-order valence-corrected chi connectivity index (χ2v) is 2.81. The summed E-state index contributed by atoms with van der Waals surface area (Å²) in [6.07, 6.45) is 0. The monoisotopic (exact) mass is 188 g/mol. The first-order valence-corrected chi connectivity index (χ1v) is 4.09. The Labute approximate surface area is 80.3 Å². The number of carbonyl (C=O) groups excluding carboxylic acids is 1. The molecule has 0 spiro atoms. The van der Waals surface area contributed by atoms with E-state index in [1.165, 1.54) is 6.07 Å². The molecule has 4 nitrogen and oxygen atoms in total. The molecule has 0 radical (unpaired) electrons. The van der Waals surface area contributed by atoms with Crippen LogP contribution in [0.25, 0.3) is 11.3 Å². The van der Waals surface area contributed by atoms with Gasteiger partial charge in [-0.05, 0) is 0 Å². The molecule has 1 aromatic carbocycles. The summed E-state index contributed by atoms with van der Waals surface area (Å²) in [6.45, 7) is 0. The first-order valence-electron chi connectivity index (χ1n) is 4.09. The standard InChI is InChI=1S/C10H8N2O2/c11-10(13)8-6-9(14-12-8)7-4-2-1-3-5-7/h1-6H,(H2,11,13). The molecule has 2 aromatic rings. The molecule has 4 heteroatoms. The first-order chi connectivity index (χ1) is 6.77. The summed E-state index contributed by atoms with van der Waals surface area (Å²) in [5.41, 5.74) is 6.05. The molecular formula is C10H8N2O2. The smallest absolute Gasteiger partial charge is 0.270 e. The fraction of sp³-hybridized carbons (Fsp3) is 0. The number of nitrogens with two attached hydrogens (primary N) is 1. The normalized spacial score (nSPS) is 10.0. The lowest BCUT2D eigenvalue weighted by Gasteiger charge is -1.91. The van der Waals surface area contributed by atoms with Crippen LogP contribution >= 0.6 is 0 Å². The average molecular weight is 188 g/mol. The van der Waals surface area contributed by atoms with Crippen LogP contribution in [0.3, 0.4) is 0 Å². The Hall–Kier alpha value is -2.10.